The van der Waals surface area contributed by atoms with E-state index in [0.717, 1.165) is 16.0 Å². The van der Waals surface area contributed by atoms with Crippen LogP contribution in [0.25, 0.3) is 22.8 Å². The second kappa shape index (κ2) is 8.62. The van der Waals surface area contributed by atoms with Crippen molar-refractivity contribution in [3.63, 3.8) is 0 Å². The number of halogens is 1. The van der Waals surface area contributed by atoms with E-state index in [4.69, 9.17) is 25.2 Å². The maximum atomic E-state index is 12.6. The summed E-state index contributed by atoms with van der Waals surface area (Å²) < 4.78 is 15.9. The van der Waals surface area contributed by atoms with Gasteiger partial charge in [0.25, 0.3) is 5.89 Å². The predicted molar refractivity (Wildman–Crippen MR) is 113 cm³/mol. The Morgan fingerprint density at radius 3 is 2.74 bits per heavy atom. The number of aromatic nitrogens is 2. The summed E-state index contributed by atoms with van der Waals surface area (Å²) in [5.41, 5.74) is 1.31. The van der Waals surface area contributed by atoms with Crippen molar-refractivity contribution in [2.75, 3.05) is 12.4 Å². The number of carbonyl (C=O) groups excluding carboxylic acids is 2. The maximum Gasteiger partial charge on any atom is 0.437 e. The summed E-state index contributed by atoms with van der Waals surface area (Å²) >= 11 is 7.40. The lowest BCUT2D eigenvalue weighted by atomic mass is 10.0. The van der Waals surface area contributed by atoms with Gasteiger partial charge in [-0.1, -0.05) is 29.8 Å². The third-order valence-corrected chi connectivity index (χ3v) is 5.45. The number of furan rings is 1. The van der Waals surface area contributed by atoms with Gasteiger partial charge in [0.15, 0.2) is 5.76 Å². The van der Waals surface area contributed by atoms with Crippen LogP contribution in [0.3, 0.4) is 0 Å². The van der Waals surface area contributed by atoms with E-state index in [2.05, 4.69) is 10.4 Å². The molecular weight excluding hydrogens is 446 g/mol. The third-order valence-electron chi connectivity index (χ3n) is 4.23. The van der Waals surface area contributed by atoms with Gasteiger partial charge in [0.05, 0.1) is 13.4 Å². The summed E-state index contributed by atoms with van der Waals surface area (Å²) in [6.45, 7) is -0.428. The van der Waals surface area contributed by atoms with Crippen LogP contribution >= 0.6 is 22.9 Å². The minimum Gasteiger partial charge on any atom is -0.465 e. The highest BCUT2D eigenvalue weighted by Crippen LogP contribution is 2.39. The molecule has 9 nitrogen and oxygen atoms in total. The Hall–Kier alpha value is -3.63. The molecule has 0 unspecified atom stereocenters. The van der Waals surface area contributed by atoms with Crippen LogP contribution in [0.15, 0.2) is 61.7 Å². The van der Waals surface area contributed by atoms with Gasteiger partial charge in [0.1, 0.15) is 17.1 Å². The van der Waals surface area contributed by atoms with Crippen molar-refractivity contribution in [3.8, 4) is 22.8 Å². The largest absolute Gasteiger partial charge is 0.465 e. The summed E-state index contributed by atoms with van der Waals surface area (Å²) in [6, 6.07) is 10.2. The summed E-state index contributed by atoms with van der Waals surface area (Å²) in [7, 11) is 1.24. The van der Waals surface area contributed by atoms with E-state index in [1.807, 2.05) is 0 Å². The van der Waals surface area contributed by atoms with Crippen LogP contribution in [0, 0.1) is 0 Å². The lowest BCUT2D eigenvalue weighted by Crippen LogP contribution is -2.26. The topological polar surface area (TPSA) is 117 Å². The fourth-order valence-corrected chi connectivity index (χ4v) is 4.04. The second-order valence-corrected chi connectivity index (χ2v) is 7.47. The van der Waals surface area contributed by atoms with Gasteiger partial charge in [-0.15, -0.1) is 16.4 Å². The molecule has 31 heavy (non-hydrogen) atoms. The predicted octanol–water partition coefficient (Wildman–Crippen LogP) is 3.90. The Bertz CT molecular complexity index is 1300. The first-order valence-corrected chi connectivity index (χ1v) is 10.1. The number of ether oxygens (including phenoxy) is 1. The van der Waals surface area contributed by atoms with Gasteiger partial charge in [-0.05, 0) is 18.2 Å². The highest BCUT2D eigenvalue weighted by molar-refractivity contribution is 7.15. The Labute approximate surface area is 183 Å². The average Bonchev–Trinajstić information content (AvgIpc) is 3.49. The molecule has 1 amide bonds. The van der Waals surface area contributed by atoms with E-state index in [1.54, 1.807) is 41.8 Å². The van der Waals surface area contributed by atoms with Crippen LogP contribution in [-0.2, 0) is 16.1 Å². The fourth-order valence-electron chi connectivity index (χ4n) is 2.84. The molecule has 0 atom stereocenters. The minimum absolute atomic E-state index is 0.0461. The summed E-state index contributed by atoms with van der Waals surface area (Å²) in [5.74, 6) is -1.83. The molecule has 0 saturated heterocycles. The smallest absolute Gasteiger partial charge is 0.437 e. The Kier molecular flexibility index (Phi) is 5.74. The molecule has 11 heteroatoms. The number of nitrogens with zero attached hydrogens (tertiary/aromatic N) is 2. The highest BCUT2D eigenvalue weighted by Gasteiger charge is 2.24. The van der Waals surface area contributed by atoms with Crippen LogP contribution in [0.5, 0.6) is 0 Å². The fraction of sp³-hybridized carbons (Fsp3) is 0.100. The molecule has 0 aliphatic carbocycles. The molecule has 1 aromatic carbocycles. The first-order chi connectivity index (χ1) is 15.0. The summed E-state index contributed by atoms with van der Waals surface area (Å²) in [6.07, 6.45) is 1.41. The van der Waals surface area contributed by atoms with Crippen LogP contribution in [0.1, 0.15) is 10.4 Å². The van der Waals surface area contributed by atoms with Crippen LogP contribution < -0.4 is 11.1 Å². The lowest BCUT2D eigenvalue weighted by Gasteiger charge is -2.08. The molecule has 0 aliphatic heterocycles. The Morgan fingerprint density at radius 2 is 2.03 bits per heavy atom. The average molecular weight is 460 g/mol. The second-order valence-electron chi connectivity index (χ2n) is 6.18. The van der Waals surface area contributed by atoms with E-state index in [1.165, 1.54) is 13.4 Å². The Balaban J connectivity index is 1.60. The van der Waals surface area contributed by atoms with Gasteiger partial charge in [0, 0.05) is 21.5 Å². The Morgan fingerprint density at radius 1 is 1.23 bits per heavy atom. The van der Waals surface area contributed by atoms with Crippen molar-refractivity contribution in [3.05, 3.63) is 69.2 Å². The van der Waals surface area contributed by atoms with E-state index in [0.29, 0.717) is 16.1 Å². The number of carbonyl (C=O) groups is 2. The van der Waals surface area contributed by atoms with Crippen molar-refractivity contribution in [1.82, 2.24) is 9.78 Å². The number of amides is 1. The normalized spacial score (nSPS) is 10.8. The molecule has 4 rings (SSSR count). The van der Waals surface area contributed by atoms with Crippen molar-refractivity contribution >= 4 is 39.8 Å². The number of esters is 1. The number of benzene rings is 1. The van der Waals surface area contributed by atoms with Crippen molar-refractivity contribution < 1.29 is 23.2 Å². The van der Waals surface area contributed by atoms with Crippen molar-refractivity contribution in [2.24, 2.45) is 0 Å². The molecule has 0 bridgehead atoms. The monoisotopic (exact) mass is 459 g/mol. The molecule has 0 fully saturated rings. The van der Waals surface area contributed by atoms with E-state index >= 15 is 0 Å². The molecule has 0 radical (unpaired) electrons. The third kappa shape index (κ3) is 4.16. The molecule has 3 aromatic heterocycles. The molecule has 0 aliphatic rings. The van der Waals surface area contributed by atoms with E-state index in [-0.39, 0.29) is 22.2 Å². The van der Waals surface area contributed by atoms with Gasteiger partial charge in [-0.3, -0.25) is 4.79 Å². The number of hydrogen-bond donors (Lipinski definition) is 1. The van der Waals surface area contributed by atoms with Gasteiger partial charge in [-0.2, -0.15) is 4.68 Å². The number of anilines is 1. The lowest BCUT2D eigenvalue weighted by molar-refractivity contribution is -0.117. The van der Waals surface area contributed by atoms with Crippen LogP contribution in [0.2, 0.25) is 5.02 Å². The molecular formula is C20H14ClN3O6S. The maximum absolute atomic E-state index is 12.6. The molecule has 158 valence electrons. The quantitative estimate of drug-likeness (QED) is 0.434. The number of nitrogens with one attached hydrogen (secondary N) is 1. The molecule has 1 N–H and O–H groups in total. The van der Waals surface area contributed by atoms with Crippen molar-refractivity contribution in [1.29, 1.82) is 0 Å². The zero-order valence-corrected chi connectivity index (χ0v) is 17.5. The highest BCUT2D eigenvalue weighted by atomic mass is 35.5. The van der Waals surface area contributed by atoms with Gasteiger partial charge < -0.3 is 18.9 Å². The van der Waals surface area contributed by atoms with Gasteiger partial charge in [0.2, 0.25) is 5.91 Å². The van der Waals surface area contributed by atoms with Gasteiger partial charge in [-0.25, -0.2) is 9.59 Å². The number of thiophene rings is 1. The van der Waals surface area contributed by atoms with E-state index in [9.17, 15) is 14.4 Å². The molecule has 4 aromatic rings. The minimum atomic E-state index is -0.822. The first-order valence-electron chi connectivity index (χ1n) is 8.84. The molecule has 0 saturated carbocycles. The molecule has 0 spiro atoms. The standard InChI is InChI=1S/C20H14ClN3O6S/c1-28-19(26)16-12(11-5-2-3-6-13(11)21)10-31-18(16)22-15(25)9-24-20(27)30-17(23-24)14-7-4-8-29-14/h2-8,10H,9H2,1H3,(H,22,25). The summed E-state index contributed by atoms with van der Waals surface area (Å²) in [4.78, 5) is 37.0. The van der Waals surface area contributed by atoms with Crippen LogP contribution in [-0.4, -0.2) is 28.8 Å². The summed E-state index contributed by atoms with van der Waals surface area (Å²) in [5, 5.41) is 8.98. The number of hydrogen-bond acceptors (Lipinski definition) is 8. The zero-order chi connectivity index (χ0) is 22.0. The van der Waals surface area contributed by atoms with E-state index < -0.39 is 24.2 Å². The SMILES string of the molecule is COC(=O)c1c(-c2ccccc2Cl)csc1NC(=O)Cn1nc(-c2ccco2)oc1=O. The number of methoxy groups -OCH3 is 1. The first kappa shape index (κ1) is 20.6. The van der Waals surface area contributed by atoms with Gasteiger partial charge >= 0.3 is 11.7 Å². The molecule has 3 heterocycles. The zero-order valence-electron chi connectivity index (χ0n) is 16.0. The van der Waals surface area contributed by atoms with Crippen molar-refractivity contribution in [2.45, 2.75) is 6.54 Å². The number of rotatable bonds is 6. The van der Waals surface area contributed by atoms with Crippen LogP contribution in [0.4, 0.5) is 5.00 Å².